The van der Waals surface area contributed by atoms with Gasteiger partial charge in [-0.1, -0.05) is 71.7 Å². The summed E-state index contributed by atoms with van der Waals surface area (Å²) in [5.41, 5.74) is 14.5. The molecule has 8 heteroatoms. The average Bonchev–Trinajstić information content (AvgIpc) is 2.54. The van der Waals surface area contributed by atoms with E-state index in [1.54, 1.807) is 11.8 Å². The van der Waals surface area contributed by atoms with Gasteiger partial charge in [-0.05, 0) is 29.7 Å². The number of amidine groups is 2. The molecule has 0 aliphatic heterocycles. The van der Waals surface area contributed by atoms with Crippen LogP contribution in [0.15, 0.2) is 52.3 Å². The van der Waals surface area contributed by atoms with Gasteiger partial charge in [0.1, 0.15) is 0 Å². The van der Waals surface area contributed by atoms with E-state index < -0.39 is 0 Å². The third kappa shape index (κ3) is 6.97. The van der Waals surface area contributed by atoms with Gasteiger partial charge in [-0.15, -0.1) is 17.0 Å². The van der Waals surface area contributed by atoms with E-state index in [-0.39, 0.29) is 27.3 Å². The molecule has 0 spiro atoms. The lowest BCUT2D eigenvalue weighted by molar-refractivity contribution is 1.18. The summed E-state index contributed by atoms with van der Waals surface area (Å²) < 4.78 is 0. The molecule has 0 amide bonds. The highest BCUT2D eigenvalue weighted by atomic mass is 79.9. The van der Waals surface area contributed by atoms with Crippen LogP contribution in [-0.2, 0) is 11.5 Å². The van der Waals surface area contributed by atoms with Gasteiger partial charge in [0.05, 0.1) is 0 Å². The lowest BCUT2D eigenvalue weighted by atomic mass is 10.2. The Hall–Kier alpha value is -1.09. The number of nitrogens with two attached hydrogens (primary N) is 2. The highest BCUT2D eigenvalue weighted by Gasteiger charge is 2.11. The molecule has 0 bridgehead atoms. The van der Waals surface area contributed by atoms with E-state index in [1.807, 2.05) is 18.2 Å². The van der Waals surface area contributed by atoms with E-state index >= 15 is 0 Å². The van der Waals surface area contributed by atoms with Gasteiger partial charge in [0.15, 0.2) is 10.3 Å². The fraction of sp³-hybridized carbons (Fsp3) is 0.176. The molecule has 0 aromatic heterocycles. The van der Waals surface area contributed by atoms with Crippen molar-refractivity contribution in [2.24, 2.45) is 11.5 Å². The van der Waals surface area contributed by atoms with Crippen LogP contribution in [0.5, 0.6) is 0 Å². The maximum atomic E-state index is 7.42. The third-order valence-electron chi connectivity index (χ3n) is 3.24. The molecule has 4 nitrogen and oxygen atoms in total. The van der Waals surface area contributed by atoms with Crippen molar-refractivity contribution in [3.05, 3.63) is 59.2 Å². The highest BCUT2D eigenvalue weighted by Crippen LogP contribution is 2.37. The van der Waals surface area contributed by atoms with Crippen LogP contribution in [0, 0.1) is 17.7 Å². The molecule has 134 valence electrons. The van der Waals surface area contributed by atoms with E-state index in [2.05, 4.69) is 31.2 Å². The van der Waals surface area contributed by atoms with Crippen molar-refractivity contribution < 1.29 is 0 Å². The predicted molar refractivity (Wildman–Crippen MR) is 118 cm³/mol. The Balaban J connectivity index is 0.00000312. The van der Waals surface area contributed by atoms with Gasteiger partial charge in [0, 0.05) is 21.3 Å². The second kappa shape index (κ2) is 10.8. The lowest BCUT2D eigenvalue weighted by Crippen LogP contribution is -2.04. The fourth-order valence-corrected chi connectivity index (χ4v) is 4.55. The molecule has 2 aromatic carbocycles. The zero-order valence-electron chi connectivity index (χ0n) is 13.7. The Morgan fingerprint density at radius 3 is 2.08 bits per heavy atom. The minimum Gasteiger partial charge on any atom is -0.379 e. The van der Waals surface area contributed by atoms with Crippen LogP contribution in [0.1, 0.15) is 16.7 Å². The normalized spacial score (nSPS) is 10.1. The van der Waals surface area contributed by atoms with Gasteiger partial charge < -0.3 is 11.5 Å². The van der Waals surface area contributed by atoms with Gasteiger partial charge in [-0.2, -0.15) is 0 Å². The first-order chi connectivity index (χ1) is 11.5. The molecule has 0 radical (unpaired) electrons. The van der Waals surface area contributed by atoms with Gasteiger partial charge in [0.2, 0.25) is 0 Å². The van der Waals surface area contributed by atoms with Crippen LogP contribution >= 0.6 is 52.3 Å². The van der Waals surface area contributed by atoms with E-state index in [1.165, 1.54) is 39.5 Å². The van der Waals surface area contributed by atoms with Crippen LogP contribution in [-0.4, -0.2) is 10.3 Å². The first-order valence-electron chi connectivity index (χ1n) is 7.25. The first kappa shape index (κ1) is 22.0. The molecule has 2 rings (SSSR count). The zero-order valence-corrected chi connectivity index (χ0v) is 17.9. The molecule has 0 fully saturated rings. The molecule has 6 N–H and O–H groups in total. The summed E-state index contributed by atoms with van der Waals surface area (Å²) in [6, 6.07) is 14.4. The zero-order chi connectivity index (χ0) is 17.5. The van der Waals surface area contributed by atoms with Crippen molar-refractivity contribution in [1.82, 2.24) is 0 Å². The highest BCUT2D eigenvalue weighted by molar-refractivity contribution is 8.93. The second-order valence-electron chi connectivity index (χ2n) is 5.08. The molecule has 2 aromatic rings. The van der Waals surface area contributed by atoms with Crippen LogP contribution in [0.2, 0.25) is 0 Å². The SMILES string of the molecule is Br.Cc1cccc(CSC(=N)N)c1Sc1ccccc1CSC(=N)N. The molecular formula is C17H21BrN4S3. The topological polar surface area (TPSA) is 99.7 Å². The van der Waals surface area contributed by atoms with Crippen molar-refractivity contribution >= 4 is 62.6 Å². The Morgan fingerprint density at radius 2 is 1.44 bits per heavy atom. The summed E-state index contributed by atoms with van der Waals surface area (Å²) in [5.74, 6) is 1.37. The summed E-state index contributed by atoms with van der Waals surface area (Å²) >= 11 is 4.39. The molecule has 0 aliphatic carbocycles. The van der Waals surface area contributed by atoms with Crippen molar-refractivity contribution in [2.45, 2.75) is 28.2 Å². The quantitative estimate of drug-likeness (QED) is 0.362. The fourth-order valence-electron chi connectivity index (χ4n) is 2.12. The predicted octanol–water partition coefficient (Wildman–Crippen LogP) is 4.98. The first-order valence-corrected chi connectivity index (χ1v) is 10.0. The molecule has 0 aliphatic rings. The Bertz CT molecular complexity index is 752. The second-order valence-corrected chi connectivity index (χ2v) is 8.17. The van der Waals surface area contributed by atoms with Crippen molar-refractivity contribution in [3.8, 4) is 0 Å². The third-order valence-corrected chi connectivity index (χ3v) is 6.18. The average molecular weight is 457 g/mol. The number of nitrogens with one attached hydrogen (secondary N) is 2. The Morgan fingerprint density at radius 1 is 0.880 bits per heavy atom. The van der Waals surface area contributed by atoms with E-state index in [0.29, 0.717) is 11.5 Å². The summed E-state index contributed by atoms with van der Waals surface area (Å²) in [4.78, 5) is 2.36. The molecule has 0 atom stereocenters. The standard InChI is InChI=1S/C17H20N4S3.BrH/c1-11-5-4-7-13(10-23-17(20)21)15(11)24-14-8-3-2-6-12(14)9-22-16(18)19;/h2-8H,9-10H2,1H3,(H3,18,19)(H3,20,21);1H. The van der Waals surface area contributed by atoms with E-state index in [0.717, 1.165) is 10.5 Å². The van der Waals surface area contributed by atoms with Gasteiger partial charge in [0.25, 0.3) is 0 Å². The molecule has 0 unspecified atom stereocenters. The smallest absolute Gasteiger partial charge is 0.151 e. The summed E-state index contributed by atoms with van der Waals surface area (Å²) in [6.45, 7) is 2.09. The number of benzene rings is 2. The molecule has 0 saturated carbocycles. The van der Waals surface area contributed by atoms with Gasteiger partial charge in [-0.3, -0.25) is 10.8 Å². The Kier molecular flexibility index (Phi) is 9.48. The maximum Gasteiger partial charge on any atom is 0.151 e. The largest absolute Gasteiger partial charge is 0.379 e. The number of rotatable bonds is 6. The van der Waals surface area contributed by atoms with Crippen LogP contribution in [0.4, 0.5) is 0 Å². The van der Waals surface area contributed by atoms with Crippen molar-refractivity contribution in [3.63, 3.8) is 0 Å². The monoisotopic (exact) mass is 456 g/mol. The lowest BCUT2D eigenvalue weighted by Gasteiger charge is -2.14. The minimum atomic E-state index is 0. The van der Waals surface area contributed by atoms with Gasteiger partial charge in [-0.25, -0.2) is 0 Å². The van der Waals surface area contributed by atoms with E-state index in [9.17, 15) is 0 Å². The number of aryl methyl sites for hydroxylation is 1. The van der Waals surface area contributed by atoms with Crippen LogP contribution in [0.3, 0.4) is 0 Å². The summed E-state index contributed by atoms with van der Waals surface area (Å²) in [7, 11) is 0. The van der Waals surface area contributed by atoms with Gasteiger partial charge >= 0.3 is 0 Å². The van der Waals surface area contributed by atoms with Crippen LogP contribution in [0.25, 0.3) is 0 Å². The number of hydrogen-bond donors (Lipinski definition) is 4. The summed E-state index contributed by atoms with van der Waals surface area (Å²) in [5, 5.41) is 15.1. The van der Waals surface area contributed by atoms with Crippen molar-refractivity contribution in [1.29, 1.82) is 10.8 Å². The molecule has 0 heterocycles. The van der Waals surface area contributed by atoms with E-state index in [4.69, 9.17) is 22.3 Å². The molecular weight excluding hydrogens is 436 g/mol. The number of halogens is 1. The number of hydrogen-bond acceptors (Lipinski definition) is 5. The summed E-state index contributed by atoms with van der Waals surface area (Å²) in [6.07, 6.45) is 0. The van der Waals surface area contributed by atoms with Crippen molar-refractivity contribution in [2.75, 3.05) is 0 Å². The number of thioether (sulfide) groups is 2. The molecule has 0 saturated heterocycles. The minimum absolute atomic E-state index is 0. The Labute approximate surface area is 171 Å². The molecule has 25 heavy (non-hydrogen) atoms. The maximum absolute atomic E-state index is 7.42. The van der Waals surface area contributed by atoms with Crippen LogP contribution < -0.4 is 11.5 Å².